The second-order valence-electron chi connectivity index (χ2n) is 2.30. The second-order valence-corrected chi connectivity index (χ2v) is 5.19. The Morgan fingerprint density at radius 1 is 1.54 bits per heavy atom. The molecule has 2 heterocycles. The van der Waals surface area contributed by atoms with Crippen LogP contribution in [0.2, 0.25) is 4.47 Å². The van der Waals surface area contributed by atoms with Crippen molar-refractivity contribution in [3.8, 4) is 0 Å². The van der Waals surface area contributed by atoms with Crippen molar-refractivity contribution in [3.63, 3.8) is 0 Å². The molecule has 13 heavy (non-hydrogen) atoms. The molecule has 2 aromatic heterocycles. The van der Waals surface area contributed by atoms with Gasteiger partial charge >= 0.3 is 0 Å². The molecular formula is C6H4ClIN4S. The van der Waals surface area contributed by atoms with Gasteiger partial charge in [0.05, 0.1) is 16.3 Å². The van der Waals surface area contributed by atoms with Crippen molar-refractivity contribution >= 4 is 45.5 Å². The summed E-state index contributed by atoms with van der Waals surface area (Å²) in [7, 11) is 0. The highest BCUT2D eigenvalue weighted by Gasteiger charge is 2.03. The molecule has 0 N–H and O–H groups in total. The van der Waals surface area contributed by atoms with Gasteiger partial charge in [-0.25, -0.2) is 0 Å². The minimum atomic E-state index is 0.469. The zero-order valence-electron chi connectivity index (χ0n) is 6.31. The van der Waals surface area contributed by atoms with Gasteiger partial charge in [0.1, 0.15) is 5.01 Å². The average Bonchev–Trinajstić information content (AvgIpc) is 2.62. The molecule has 0 aromatic carbocycles. The average molecular weight is 327 g/mol. The number of rotatable bonds is 2. The van der Waals surface area contributed by atoms with E-state index in [1.54, 1.807) is 10.9 Å². The molecule has 0 saturated carbocycles. The predicted octanol–water partition coefficient (Wildman–Crippen LogP) is 2.04. The summed E-state index contributed by atoms with van der Waals surface area (Å²) in [6.45, 7) is 0.632. The molecule has 0 aliphatic rings. The summed E-state index contributed by atoms with van der Waals surface area (Å²) in [5, 5.41) is 12.6. The molecule has 4 nitrogen and oxygen atoms in total. The monoisotopic (exact) mass is 326 g/mol. The summed E-state index contributed by atoms with van der Waals surface area (Å²) >= 11 is 9.22. The SMILES string of the molecule is Clc1nnc(Cn2cc(I)cn2)s1. The van der Waals surface area contributed by atoms with Crippen LogP contribution in [0, 0.1) is 3.57 Å². The molecule has 0 aliphatic heterocycles. The van der Waals surface area contributed by atoms with E-state index in [-0.39, 0.29) is 0 Å². The topological polar surface area (TPSA) is 43.6 Å². The predicted molar refractivity (Wildman–Crippen MR) is 59.0 cm³/mol. The van der Waals surface area contributed by atoms with Crippen LogP contribution < -0.4 is 0 Å². The Hall–Kier alpha value is -0.210. The van der Waals surface area contributed by atoms with Crippen LogP contribution in [0.4, 0.5) is 0 Å². The van der Waals surface area contributed by atoms with Gasteiger partial charge in [-0.1, -0.05) is 11.3 Å². The minimum Gasteiger partial charge on any atom is -0.265 e. The largest absolute Gasteiger partial charge is 0.265 e. The Balaban J connectivity index is 2.14. The van der Waals surface area contributed by atoms with E-state index >= 15 is 0 Å². The first kappa shape index (κ1) is 9.35. The highest BCUT2D eigenvalue weighted by molar-refractivity contribution is 14.1. The van der Waals surface area contributed by atoms with Crippen molar-refractivity contribution in [2.45, 2.75) is 6.54 Å². The maximum Gasteiger partial charge on any atom is 0.207 e. The Labute approximate surface area is 97.1 Å². The smallest absolute Gasteiger partial charge is 0.207 e. The molecule has 68 valence electrons. The maximum atomic E-state index is 5.65. The maximum absolute atomic E-state index is 5.65. The first-order chi connectivity index (χ1) is 6.24. The van der Waals surface area contributed by atoms with Crippen LogP contribution in [0.25, 0.3) is 0 Å². The van der Waals surface area contributed by atoms with Crippen LogP contribution in [-0.2, 0) is 6.54 Å². The van der Waals surface area contributed by atoms with Gasteiger partial charge in [-0.2, -0.15) is 5.10 Å². The van der Waals surface area contributed by atoms with E-state index in [1.807, 2.05) is 6.20 Å². The summed E-state index contributed by atoms with van der Waals surface area (Å²) in [5.74, 6) is 0. The normalized spacial score (nSPS) is 10.6. The molecule has 2 rings (SSSR count). The number of halogens is 2. The molecule has 0 unspecified atom stereocenters. The van der Waals surface area contributed by atoms with Crippen molar-refractivity contribution in [3.05, 3.63) is 25.4 Å². The van der Waals surface area contributed by atoms with Gasteiger partial charge in [0.15, 0.2) is 0 Å². The van der Waals surface area contributed by atoms with Gasteiger partial charge in [-0.05, 0) is 34.2 Å². The summed E-state index contributed by atoms with van der Waals surface area (Å²) in [5.41, 5.74) is 0. The third-order valence-corrected chi connectivity index (χ3v) is 2.90. The van der Waals surface area contributed by atoms with Crippen molar-refractivity contribution in [2.24, 2.45) is 0 Å². The van der Waals surface area contributed by atoms with Crippen LogP contribution in [0.15, 0.2) is 12.4 Å². The molecule has 0 bridgehead atoms. The van der Waals surface area contributed by atoms with Crippen LogP contribution in [0.3, 0.4) is 0 Å². The lowest BCUT2D eigenvalue weighted by Crippen LogP contribution is -1.99. The number of nitrogens with zero attached hydrogens (tertiary/aromatic N) is 4. The Kier molecular flexibility index (Phi) is 2.80. The standard InChI is InChI=1S/C6H4ClIN4S/c7-6-11-10-5(13-6)3-12-2-4(8)1-9-12/h1-2H,3H2. The fourth-order valence-electron chi connectivity index (χ4n) is 0.860. The highest BCUT2D eigenvalue weighted by Crippen LogP contribution is 2.15. The third-order valence-electron chi connectivity index (χ3n) is 1.34. The molecule has 0 amide bonds. The third kappa shape index (κ3) is 2.38. The van der Waals surface area contributed by atoms with E-state index in [2.05, 4.69) is 37.9 Å². The molecule has 0 saturated heterocycles. The van der Waals surface area contributed by atoms with E-state index in [0.29, 0.717) is 11.0 Å². The van der Waals surface area contributed by atoms with Crippen LogP contribution in [-0.4, -0.2) is 20.0 Å². The first-order valence-corrected chi connectivity index (χ1v) is 5.67. The van der Waals surface area contributed by atoms with Crippen LogP contribution in [0.1, 0.15) is 5.01 Å². The minimum absolute atomic E-state index is 0.469. The van der Waals surface area contributed by atoms with Crippen molar-refractivity contribution < 1.29 is 0 Å². The van der Waals surface area contributed by atoms with Crippen molar-refractivity contribution in [1.29, 1.82) is 0 Å². The molecule has 0 fully saturated rings. The molecular weight excluding hydrogens is 323 g/mol. The fraction of sp³-hybridized carbons (Fsp3) is 0.167. The van der Waals surface area contributed by atoms with E-state index < -0.39 is 0 Å². The second kappa shape index (κ2) is 3.89. The number of hydrogen-bond donors (Lipinski definition) is 0. The van der Waals surface area contributed by atoms with Gasteiger partial charge in [0, 0.05) is 6.20 Å². The summed E-state index contributed by atoms with van der Waals surface area (Å²) in [4.78, 5) is 0. The molecule has 0 atom stereocenters. The lowest BCUT2D eigenvalue weighted by atomic mass is 10.7. The first-order valence-electron chi connectivity index (χ1n) is 3.40. The van der Waals surface area contributed by atoms with Crippen molar-refractivity contribution in [2.75, 3.05) is 0 Å². The molecule has 2 aromatic rings. The van der Waals surface area contributed by atoms with Crippen LogP contribution in [0.5, 0.6) is 0 Å². The Morgan fingerprint density at radius 3 is 2.92 bits per heavy atom. The molecule has 0 spiro atoms. The zero-order chi connectivity index (χ0) is 9.26. The van der Waals surface area contributed by atoms with Gasteiger partial charge in [0.25, 0.3) is 0 Å². The van der Waals surface area contributed by atoms with Gasteiger partial charge in [-0.3, -0.25) is 4.68 Å². The number of hydrogen-bond acceptors (Lipinski definition) is 4. The van der Waals surface area contributed by atoms with Gasteiger partial charge in [-0.15, -0.1) is 10.2 Å². The van der Waals surface area contributed by atoms with E-state index in [4.69, 9.17) is 11.6 Å². The highest BCUT2D eigenvalue weighted by atomic mass is 127. The summed E-state index contributed by atoms with van der Waals surface area (Å²) in [6, 6.07) is 0. The van der Waals surface area contributed by atoms with E-state index in [0.717, 1.165) is 8.58 Å². The van der Waals surface area contributed by atoms with Crippen molar-refractivity contribution in [1.82, 2.24) is 20.0 Å². The molecule has 0 radical (unpaired) electrons. The van der Waals surface area contributed by atoms with Gasteiger partial charge < -0.3 is 0 Å². The Bertz CT molecular complexity index is 374. The molecule has 0 aliphatic carbocycles. The van der Waals surface area contributed by atoms with E-state index in [9.17, 15) is 0 Å². The lowest BCUT2D eigenvalue weighted by molar-refractivity contribution is 0.677. The van der Waals surface area contributed by atoms with Gasteiger partial charge in [0.2, 0.25) is 4.47 Å². The summed E-state index contributed by atoms with van der Waals surface area (Å²) < 4.78 is 3.38. The number of aromatic nitrogens is 4. The lowest BCUT2D eigenvalue weighted by Gasteiger charge is -1.93. The molecule has 7 heteroatoms. The van der Waals surface area contributed by atoms with E-state index in [1.165, 1.54) is 11.3 Å². The quantitative estimate of drug-likeness (QED) is 0.793. The fourth-order valence-corrected chi connectivity index (χ4v) is 2.17. The van der Waals surface area contributed by atoms with Crippen LogP contribution >= 0.6 is 45.5 Å². The zero-order valence-corrected chi connectivity index (χ0v) is 10.0. The Morgan fingerprint density at radius 2 is 2.38 bits per heavy atom. The summed E-state index contributed by atoms with van der Waals surface area (Å²) in [6.07, 6.45) is 3.74.